The first-order valence-corrected chi connectivity index (χ1v) is 13.8. The summed E-state index contributed by atoms with van der Waals surface area (Å²) in [5.74, 6) is -1.76. The lowest BCUT2D eigenvalue weighted by Gasteiger charge is -2.35. The quantitative estimate of drug-likeness (QED) is 0.269. The van der Waals surface area contributed by atoms with E-state index in [0.717, 1.165) is 24.1 Å². The Balaban J connectivity index is 1.56. The number of hydrogen-bond acceptors (Lipinski definition) is 10. The lowest BCUT2D eigenvalue weighted by atomic mass is 9.80. The lowest BCUT2D eigenvalue weighted by Crippen LogP contribution is -2.34. The number of likely N-dealkylation sites (N-methyl/N-ethyl adjacent to an activating group) is 1. The van der Waals surface area contributed by atoms with E-state index < -0.39 is 28.9 Å². The summed E-state index contributed by atoms with van der Waals surface area (Å²) in [5.41, 5.74) is 3.66. The van der Waals surface area contributed by atoms with Gasteiger partial charge in [0.2, 0.25) is 0 Å². The number of allylic oxidation sites excluding steroid dienone is 2. The standard InChI is InChI=1S/C31H36N4O8/c1-18-26(29(36)41-6)28(21-8-7-9-22(16-21)35(39)40)27(19(2)32-18)30(37)42-15-13-25-24-11-10-23(43-31(38)33(3)4)17-20(24)12-14-34(25)5/h7-11,16-17,25,28,32H,12-15H2,1-6H3. The fraction of sp³-hybridized carbons (Fsp3) is 0.387. The van der Waals surface area contributed by atoms with Gasteiger partial charge in [-0.25, -0.2) is 14.4 Å². The summed E-state index contributed by atoms with van der Waals surface area (Å²) < 4.78 is 16.2. The molecule has 2 aromatic rings. The van der Waals surface area contributed by atoms with Crippen LogP contribution in [0.1, 0.15) is 48.9 Å². The zero-order valence-electron chi connectivity index (χ0n) is 25.1. The van der Waals surface area contributed by atoms with Crippen LogP contribution in [0.15, 0.2) is 65.0 Å². The molecular weight excluding hydrogens is 556 g/mol. The van der Waals surface area contributed by atoms with Crippen LogP contribution < -0.4 is 10.1 Å². The van der Waals surface area contributed by atoms with E-state index in [9.17, 15) is 24.5 Å². The molecule has 0 aromatic heterocycles. The number of non-ortho nitro benzene ring substituents is 1. The van der Waals surface area contributed by atoms with Gasteiger partial charge >= 0.3 is 18.0 Å². The van der Waals surface area contributed by atoms with Crippen molar-refractivity contribution in [2.24, 2.45) is 0 Å². The molecule has 43 heavy (non-hydrogen) atoms. The van der Waals surface area contributed by atoms with Crippen LogP contribution in [0.4, 0.5) is 10.5 Å². The topological polar surface area (TPSA) is 141 Å². The van der Waals surface area contributed by atoms with Crippen LogP contribution in [0.2, 0.25) is 0 Å². The molecule has 1 N–H and O–H groups in total. The average Bonchev–Trinajstić information content (AvgIpc) is 2.97. The Kier molecular flexibility index (Phi) is 9.50. The summed E-state index contributed by atoms with van der Waals surface area (Å²) in [7, 11) is 6.48. The van der Waals surface area contributed by atoms with Gasteiger partial charge in [0, 0.05) is 56.6 Å². The molecule has 2 aliphatic rings. The van der Waals surface area contributed by atoms with E-state index in [1.165, 1.54) is 30.2 Å². The highest BCUT2D eigenvalue weighted by molar-refractivity contribution is 5.99. The number of hydrogen-bond donors (Lipinski definition) is 1. The molecule has 2 aliphatic heterocycles. The Morgan fingerprint density at radius 2 is 1.77 bits per heavy atom. The van der Waals surface area contributed by atoms with Crippen molar-refractivity contribution in [3.63, 3.8) is 0 Å². The molecule has 0 aliphatic carbocycles. The molecule has 2 unspecified atom stereocenters. The third kappa shape index (κ3) is 6.69. The maximum absolute atomic E-state index is 13.7. The number of fused-ring (bicyclic) bond motifs is 1. The van der Waals surface area contributed by atoms with E-state index >= 15 is 0 Å². The third-order valence-corrected chi connectivity index (χ3v) is 7.73. The fourth-order valence-electron chi connectivity index (χ4n) is 5.58. The number of ether oxygens (including phenoxy) is 3. The first-order valence-electron chi connectivity index (χ1n) is 13.8. The van der Waals surface area contributed by atoms with Crippen molar-refractivity contribution in [1.82, 2.24) is 15.1 Å². The Hall–Kier alpha value is -4.71. The molecule has 1 amide bonds. The Bertz CT molecular complexity index is 1510. The van der Waals surface area contributed by atoms with E-state index in [4.69, 9.17) is 14.2 Å². The molecule has 4 rings (SSSR count). The number of rotatable bonds is 8. The highest BCUT2D eigenvalue weighted by Crippen LogP contribution is 2.40. The summed E-state index contributed by atoms with van der Waals surface area (Å²) in [6.07, 6.45) is 0.813. The number of nitro benzene ring substituents is 1. The highest BCUT2D eigenvalue weighted by atomic mass is 16.6. The fourth-order valence-corrected chi connectivity index (χ4v) is 5.58. The van der Waals surface area contributed by atoms with E-state index in [-0.39, 0.29) is 29.5 Å². The molecule has 2 heterocycles. The van der Waals surface area contributed by atoms with Gasteiger partial charge < -0.3 is 24.4 Å². The Morgan fingerprint density at radius 3 is 2.42 bits per heavy atom. The van der Waals surface area contributed by atoms with E-state index in [1.807, 2.05) is 19.2 Å². The van der Waals surface area contributed by atoms with E-state index in [0.29, 0.717) is 29.1 Å². The molecule has 0 spiro atoms. The van der Waals surface area contributed by atoms with E-state index in [1.54, 1.807) is 40.1 Å². The number of nitrogens with one attached hydrogen (secondary N) is 1. The van der Waals surface area contributed by atoms with Gasteiger partial charge in [-0.2, -0.15) is 0 Å². The number of dihydropyridines is 1. The molecule has 0 saturated carbocycles. The van der Waals surface area contributed by atoms with Crippen molar-refractivity contribution in [2.75, 3.05) is 41.4 Å². The van der Waals surface area contributed by atoms with Crippen LogP contribution >= 0.6 is 0 Å². The van der Waals surface area contributed by atoms with Crippen LogP contribution in [0, 0.1) is 10.1 Å². The van der Waals surface area contributed by atoms with Crippen molar-refractivity contribution >= 4 is 23.7 Å². The second-order valence-electron chi connectivity index (χ2n) is 10.8. The molecule has 12 heteroatoms. The SMILES string of the molecule is COC(=O)C1=C(C)NC(C)=C(C(=O)OCCC2c3ccc(OC(=O)N(C)C)cc3CCN2C)C1c1cccc([N+](=O)[O-])c1. The van der Waals surface area contributed by atoms with Gasteiger partial charge in [-0.05, 0) is 56.1 Å². The molecule has 228 valence electrons. The summed E-state index contributed by atoms with van der Waals surface area (Å²) in [6, 6.07) is 11.4. The summed E-state index contributed by atoms with van der Waals surface area (Å²) in [4.78, 5) is 53.0. The van der Waals surface area contributed by atoms with Crippen LogP contribution in [0.25, 0.3) is 0 Å². The number of carbonyl (C=O) groups is 3. The normalized spacial score (nSPS) is 18.4. The first kappa shape index (κ1) is 31.2. The molecule has 2 atom stereocenters. The lowest BCUT2D eigenvalue weighted by molar-refractivity contribution is -0.384. The van der Waals surface area contributed by atoms with Crippen molar-refractivity contribution < 1.29 is 33.5 Å². The number of amides is 1. The molecule has 0 radical (unpaired) electrons. The van der Waals surface area contributed by atoms with Crippen molar-refractivity contribution in [2.45, 2.75) is 38.6 Å². The Labute approximate surface area is 250 Å². The smallest absolute Gasteiger partial charge is 0.414 e. The van der Waals surface area contributed by atoms with Crippen LogP contribution in [-0.2, 0) is 25.5 Å². The minimum absolute atomic E-state index is 0.0463. The summed E-state index contributed by atoms with van der Waals surface area (Å²) in [5, 5.41) is 14.6. The number of carbonyl (C=O) groups excluding carboxylic acids is 3. The maximum atomic E-state index is 13.7. The number of methoxy groups -OCH3 is 1. The van der Waals surface area contributed by atoms with Gasteiger partial charge in [0.05, 0.1) is 35.7 Å². The van der Waals surface area contributed by atoms with Crippen LogP contribution in [0.5, 0.6) is 5.75 Å². The number of esters is 2. The van der Waals surface area contributed by atoms with Gasteiger partial charge in [0.25, 0.3) is 5.69 Å². The highest BCUT2D eigenvalue weighted by Gasteiger charge is 2.38. The predicted octanol–water partition coefficient (Wildman–Crippen LogP) is 4.23. The number of nitrogens with zero attached hydrogens (tertiary/aromatic N) is 3. The number of benzene rings is 2. The molecule has 0 saturated heterocycles. The molecule has 2 aromatic carbocycles. The second-order valence-corrected chi connectivity index (χ2v) is 10.8. The maximum Gasteiger partial charge on any atom is 0.414 e. The van der Waals surface area contributed by atoms with Crippen LogP contribution in [-0.4, -0.2) is 74.2 Å². The van der Waals surface area contributed by atoms with Gasteiger partial charge in [-0.1, -0.05) is 18.2 Å². The van der Waals surface area contributed by atoms with Crippen molar-refractivity contribution in [3.05, 3.63) is 91.8 Å². The van der Waals surface area contributed by atoms with E-state index in [2.05, 4.69) is 10.2 Å². The minimum Gasteiger partial charge on any atom is -0.466 e. The monoisotopic (exact) mass is 592 g/mol. The predicted molar refractivity (Wildman–Crippen MR) is 157 cm³/mol. The minimum atomic E-state index is -0.928. The van der Waals surface area contributed by atoms with Crippen molar-refractivity contribution in [3.8, 4) is 5.75 Å². The van der Waals surface area contributed by atoms with Crippen molar-refractivity contribution in [1.29, 1.82) is 0 Å². The molecular formula is C31H36N4O8. The van der Waals surface area contributed by atoms with Crippen LogP contribution in [0.3, 0.4) is 0 Å². The third-order valence-electron chi connectivity index (χ3n) is 7.73. The number of nitro groups is 1. The molecule has 0 bridgehead atoms. The molecule has 12 nitrogen and oxygen atoms in total. The zero-order chi connectivity index (χ0) is 31.4. The van der Waals surface area contributed by atoms with Gasteiger partial charge in [-0.15, -0.1) is 0 Å². The largest absolute Gasteiger partial charge is 0.466 e. The Morgan fingerprint density at radius 1 is 1.07 bits per heavy atom. The summed E-state index contributed by atoms with van der Waals surface area (Å²) >= 11 is 0. The first-order chi connectivity index (χ1) is 20.4. The summed E-state index contributed by atoms with van der Waals surface area (Å²) in [6.45, 7) is 4.24. The van der Waals surface area contributed by atoms with Gasteiger partial charge in [-0.3, -0.25) is 15.0 Å². The van der Waals surface area contributed by atoms with Gasteiger partial charge in [0.15, 0.2) is 0 Å². The molecule has 0 fully saturated rings. The van der Waals surface area contributed by atoms with Gasteiger partial charge in [0.1, 0.15) is 5.75 Å². The average molecular weight is 593 g/mol. The zero-order valence-corrected chi connectivity index (χ0v) is 25.1. The second kappa shape index (κ2) is 13.1.